The van der Waals surface area contributed by atoms with Gasteiger partial charge in [0.15, 0.2) is 0 Å². The molecule has 0 aliphatic carbocycles. The van der Waals surface area contributed by atoms with Gasteiger partial charge in [0, 0.05) is 17.8 Å². The molecule has 0 aliphatic heterocycles. The van der Waals surface area contributed by atoms with Crippen molar-refractivity contribution in [3.8, 4) is 0 Å². The number of unbranched alkanes of at least 4 members (excludes halogenated alkanes) is 15. The first-order chi connectivity index (χ1) is 11.2. The van der Waals surface area contributed by atoms with Crippen LogP contribution in [0.1, 0.15) is 110 Å². The molecular weight excluding hydrogens is 306 g/mol. The summed E-state index contributed by atoms with van der Waals surface area (Å²) in [5.74, 6) is 0. The molecule has 0 aromatic heterocycles. The van der Waals surface area contributed by atoms with Crippen molar-refractivity contribution in [2.45, 2.75) is 110 Å². The standard InChI is InChI=1S/C19H41NO2S/c1-3-4-5-6-7-8-9-10-11-12-13-14-15-16-17-18-19-20(2)23(21)22/h3-19H2,1-2H3,(H,21,22)/p-1. The van der Waals surface area contributed by atoms with Crippen molar-refractivity contribution in [3.05, 3.63) is 0 Å². The lowest BCUT2D eigenvalue weighted by Gasteiger charge is -2.18. The third-order valence-electron chi connectivity index (χ3n) is 4.58. The summed E-state index contributed by atoms with van der Waals surface area (Å²) in [4.78, 5) is 0. The molecule has 0 spiro atoms. The average molecular weight is 347 g/mol. The third kappa shape index (κ3) is 18.3. The molecular formula is C19H40NO2S-. The van der Waals surface area contributed by atoms with E-state index in [4.69, 9.17) is 0 Å². The third-order valence-corrected chi connectivity index (χ3v) is 5.27. The molecule has 0 radical (unpaired) electrons. The fourth-order valence-electron chi connectivity index (χ4n) is 2.96. The van der Waals surface area contributed by atoms with Crippen LogP contribution in [0.15, 0.2) is 0 Å². The Labute approximate surface area is 148 Å². The zero-order valence-electron chi connectivity index (χ0n) is 15.7. The van der Waals surface area contributed by atoms with E-state index in [1.54, 1.807) is 7.05 Å². The molecule has 0 aliphatic rings. The smallest absolute Gasteiger partial charge is 0.0206 e. The predicted molar refractivity (Wildman–Crippen MR) is 101 cm³/mol. The molecule has 0 saturated carbocycles. The lowest BCUT2D eigenvalue weighted by atomic mass is 10.0. The predicted octanol–water partition coefficient (Wildman–Crippen LogP) is 5.97. The summed E-state index contributed by atoms with van der Waals surface area (Å²) >= 11 is -2.04. The van der Waals surface area contributed by atoms with Crippen molar-refractivity contribution in [1.82, 2.24) is 4.31 Å². The molecule has 0 heterocycles. The first kappa shape index (κ1) is 23.1. The van der Waals surface area contributed by atoms with E-state index in [-0.39, 0.29) is 0 Å². The molecule has 0 N–H and O–H groups in total. The molecule has 0 bridgehead atoms. The normalized spacial score (nSPS) is 12.9. The van der Waals surface area contributed by atoms with Gasteiger partial charge in [-0.3, -0.25) is 4.21 Å². The lowest BCUT2D eigenvalue weighted by Crippen LogP contribution is -2.21. The minimum absolute atomic E-state index is 0.661. The van der Waals surface area contributed by atoms with Gasteiger partial charge >= 0.3 is 0 Å². The minimum atomic E-state index is -2.04. The second-order valence-electron chi connectivity index (χ2n) is 6.87. The van der Waals surface area contributed by atoms with E-state index in [2.05, 4.69) is 6.92 Å². The van der Waals surface area contributed by atoms with Gasteiger partial charge in [-0.2, -0.15) is 0 Å². The molecule has 0 fully saturated rings. The Hall–Kier alpha value is 0.0700. The highest BCUT2D eigenvalue weighted by atomic mass is 32.2. The fourth-order valence-corrected chi connectivity index (χ4v) is 3.24. The summed E-state index contributed by atoms with van der Waals surface area (Å²) in [6.45, 7) is 2.94. The van der Waals surface area contributed by atoms with Crippen molar-refractivity contribution < 1.29 is 8.76 Å². The van der Waals surface area contributed by atoms with Gasteiger partial charge in [-0.15, -0.1) is 0 Å². The van der Waals surface area contributed by atoms with E-state index in [1.807, 2.05) is 0 Å². The van der Waals surface area contributed by atoms with Crippen molar-refractivity contribution >= 4 is 11.3 Å². The maximum Gasteiger partial charge on any atom is 0.0206 e. The van der Waals surface area contributed by atoms with Crippen molar-refractivity contribution in [1.29, 1.82) is 0 Å². The zero-order valence-corrected chi connectivity index (χ0v) is 16.5. The van der Waals surface area contributed by atoms with Crippen LogP contribution >= 0.6 is 0 Å². The van der Waals surface area contributed by atoms with Crippen LogP contribution in [0.5, 0.6) is 0 Å². The van der Waals surface area contributed by atoms with Gasteiger partial charge in [0.2, 0.25) is 0 Å². The van der Waals surface area contributed by atoms with Crippen LogP contribution in [0.3, 0.4) is 0 Å². The Bertz CT molecular complexity index is 262. The first-order valence-corrected chi connectivity index (χ1v) is 11.0. The summed E-state index contributed by atoms with van der Waals surface area (Å²) < 4.78 is 22.6. The molecule has 0 amide bonds. The van der Waals surface area contributed by atoms with Crippen LogP contribution in [-0.4, -0.2) is 26.7 Å². The van der Waals surface area contributed by atoms with Gasteiger partial charge < -0.3 is 4.55 Å². The molecule has 1 atom stereocenters. The van der Waals surface area contributed by atoms with E-state index < -0.39 is 11.3 Å². The number of rotatable bonds is 18. The first-order valence-electron chi connectivity index (χ1n) is 9.99. The highest BCUT2D eigenvalue weighted by Gasteiger charge is 1.97. The summed E-state index contributed by atoms with van der Waals surface area (Å²) in [6, 6.07) is 0. The Morgan fingerprint density at radius 3 is 1.26 bits per heavy atom. The molecule has 0 rings (SSSR count). The molecule has 3 nitrogen and oxygen atoms in total. The quantitative estimate of drug-likeness (QED) is 0.226. The van der Waals surface area contributed by atoms with E-state index in [1.165, 1.54) is 94.2 Å². The topological polar surface area (TPSA) is 43.4 Å². The van der Waals surface area contributed by atoms with E-state index in [0.29, 0.717) is 6.54 Å². The highest BCUT2D eigenvalue weighted by molar-refractivity contribution is 7.76. The van der Waals surface area contributed by atoms with Crippen LogP contribution in [-0.2, 0) is 11.3 Å². The van der Waals surface area contributed by atoms with Gasteiger partial charge in [-0.05, 0) is 13.5 Å². The monoisotopic (exact) mass is 346 g/mol. The summed E-state index contributed by atoms with van der Waals surface area (Å²) in [6.07, 6.45) is 21.6. The average Bonchev–Trinajstić information content (AvgIpc) is 2.54. The Morgan fingerprint density at radius 1 is 0.652 bits per heavy atom. The highest BCUT2D eigenvalue weighted by Crippen LogP contribution is 2.13. The van der Waals surface area contributed by atoms with E-state index in [9.17, 15) is 8.76 Å². The Balaban J connectivity index is 3.04. The molecule has 1 unspecified atom stereocenters. The van der Waals surface area contributed by atoms with E-state index in [0.717, 1.165) is 12.8 Å². The van der Waals surface area contributed by atoms with Crippen LogP contribution in [0, 0.1) is 0 Å². The number of hydrogen-bond acceptors (Lipinski definition) is 2. The Kier molecular flexibility index (Phi) is 18.5. The molecule has 0 saturated heterocycles. The van der Waals surface area contributed by atoms with Crippen molar-refractivity contribution in [2.75, 3.05) is 13.6 Å². The fraction of sp³-hybridized carbons (Fsp3) is 1.00. The summed E-state index contributed by atoms with van der Waals surface area (Å²) in [5, 5.41) is 0. The lowest BCUT2D eigenvalue weighted by molar-refractivity contribution is 0.420. The van der Waals surface area contributed by atoms with Crippen LogP contribution < -0.4 is 0 Å². The van der Waals surface area contributed by atoms with Crippen LogP contribution in [0.25, 0.3) is 0 Å². The van der Waals surface area contributed by atoms with Crippen molar-refractivity contribution in [2.24, 2.45) is 0 Å². The second-order valence-corrected chi connectivity index (χ2v) is 7.93. The van der Waals surface area contributed by atoms with Gasteiger partial charge in [0.05, 0.1) is 0 Å². The maximum absolute atomic E-state index is 10.6. The van der Waals surface area contributed by atoms with Gasteiger partial charge in [0.25, 0.3) is 0 Å². The van der Waals surface area contributed by atoms with Gasteiger partial charge in [0.1, 0.15) is 0 Å². The second kappa shape index (κ2) is 18.4. The summed E-state index contributed by atoms with van der Waals surface area (Å²) in [5.41, 5.74) is 0. The van der Waals surface area contributed by atoms with Crippen LogP contribution in [0.4, 0.5) is 0 Å². The van der Waals surface area contributed by atoms with Crippen molar-refractivity contribution in [3.63, 3.8) is 0 Å². The van der Waals surface area contributed by atoms with Crippen LogP contribution in [0.2, 0.25) is 0 Å². The zero-order chi connectivity index (χ0) is 17.2. The molecule has 0 aromatic rings. The molecule has 140 valence electrons. The van der Waals surface area contributed by atoms with E-state index >= 15 is 0 Å². The summed E-state index contributed by atoms with van der Waals surface area (Å²) in [7, 11) is 1.63. The van der Waals surface area contributed by atoms with Gasteiger partial charge in [-0.1, -0.05) is 103 Å². The minimum Gasteiger partial charge on any atom is -0.760 e. The number of nitrogens with zero attached hydrogens (tertiary/aromatic N) is 1. The van der Waals surface area contributed by atoms with Gasteiger partial charge in [-0.25, -0.2) is 4.31 Å². The molecule has 4 heteroatoms. The maximum atomic E-state index is 10.6. The Morgan fingerprint density at radius 2 is 0.957 bits per heavy atom. The molecule has 23 heavy (non-hydrogen) atoms. The number of hydrogen-bond donors (Lipinski definition) is 0. The SMILES string of the molecule is CCCCCCCCCCCCCCCCCCN(C)S(=O)[O-]. The molecule has 0 aromatic carbocycles. The largest absolute Gasteiger partial charge is 0.760 e.